The Balaban J connectivity index is 0. The standard InChI is InChI=1S/CH4.Mo.2O/h1H4;;;. The molecular weight excluding hydrogens is 140 g/mol. The van der Waals surface area contributed by atoms with Crippen molar-refractivity contribution in [2.45, 2.75) is 7.43 Å². The van der Waals surface area contributed by atoms with E-state index >= 15 is 0 Å². The molecule has 0 aromatic carbocycles. The van der Waals surface area contributed by atoms with Crippen LogP contribution in [0.5, 0.6) is 0 Å². The Morgan fingerprint density at radius 2 is 1.25 bits per heavy atom. The zero-order valence-corrected chi connectivity index (χ0v) is 3.23. The van der Waals surface area contributed by atoms with Crippen molar-refractivity contribution in [1.82, 2.24) is 0 Å². The zero-order valence-electron chi connectivity index (χ0n) is 1.22. The molecule has 26 valence electrons. The Morgan fingerprint density at radius 3 is 1.25 bits per heavy atom. The summed E-state index contributed by atoms with van der Waals surface area (Å²) >= 11 is -2.03. The van der Waals surface area contributed by atoms with E-state index in [9.17, 15) is 0 Å². The summed E-state index contributed by atoms with van der Waals surface area (Å²) in [5.41, 5.74) is 0. The van der Waals surface area contributed by atoms with Gasteiger partial charge in [-0.1, -0.05) is 7.43 Å². The zero-order chi connectivity index (χ0) is 2.71. The Kier molecular flexibility index (Phi) is 23.0. The maximum atomic E-state index is 8.50. The summed E-state index contributed by atoms with van der Waals surface area (Å²) in [6.07, 6.45) is 0. The van der Waals surface area contributed by atoms with Gasteiger partial charge in [0.05, 0.1) is 0 Å². The van der Waals surface area contributed by atoms with Crippen molar-refractivity contribution in [2.24, 2.45) is 0 Å². The summed E-state index contributed by atoms with van der Waals surface area (Å²) in [6, 6.07) is 0. The summed E-state index contributed by atoms with van der Waals surface area (Å²) in [5.74, 6) is 0. The third-order valence-corrected chi connectivity index (χ3v) is 0. The first-order valence-electron chi connectivity index (χ1n) is 0.333. The molecule has 0 heterocycles. The topological polar surface area (TPSA) is 34.1 Å². The molecule has 0 aromatic heterocycles. The molecule has 0 unspecified atom stereocenters. The fourth-order valence-corrected chi connectivity index (χ4v) is 0. The van der Waals surface area contributed by atoms with Crippen molar-refractivity contribution in [1.29, 1.82) is 0 Å². The van der Waals surface area contributed by atoms with Gasteiger partial charge in [0.25, 0.3) is 0 Å². The van der Waals surface area contributed by atoms with Crippen LogP contribution in [0.1, 0.15) is 7.43 Å². The van der Waals surface area contributed by atoms with Crippen LogP contribution >= 0.6 is 0 Å². The van der Waals surface area contributed by atoms with Gasteiger partial charge in [-0.3, -0.25) is 0 Å². The van der Waals surface area contributed by atoms with Gasteiger partial charge < -0.3 is 0 Å². The molecule has 0 aliphatic rings. The summed E-state index contributed by atoms with van der Waals surface area (Å²) in [7, 11) is 0. The van der Waals surface area contributed by atoms with E-state index in [2.05, 4.69) is 0 Å². The Labute approximate surface area is 33.4 Å². The van der Waals surface area contributed by atoms with E-state index in [1.807, 2.05) is 0 Å². The third kappa shape index (κ3) is 45.7. The second-order valence-electron chi connectivity index (χ2n) is 0.0680. The minimum atomic E-state index is -2.03. The number of rotatable bonds is 0. The first kappa shape index (κ1) is 8.86. The van der Waals surface area contributed by atoms with Gasteiger partial charge in [-0.2, -0.15) is 0 Å². The second-order valence-corrected chi connectivity index (χ2v) is 0.403. The molecule has 0 saturated heterocycles. The summed E-state index contributed by atoms with van der Waals surface area (Å²) in [4.78, 5) is 0. The molecule has 0 bridgehead atoms. The van der Waals surface area contributed by atoms with Crippen molar-refractivity contribution in [3.63, 3.8) is 0 Å². The van der Waals surface area contributed by atoms with Crippen LogP contribution in [0.2, 0.25) is 0 Å². The first-order chi connectivity index (χ1) is 1.41. The molecule has 2 nitrogen and oxygen atoms in total. The monoisotopic (exact) mass is 146 g/mol. The van der Waals surface area contributed by atoms with Gasteiger partial charge in [0.15, 0.2) is 0 Å². The molecule has 4 heavy (non-hydrogen) atoms. The fraction of sp³-hybridized carbons (Fsp3) is 1.00. The molecule has 0 spiro atoms. The van der Waals surface area contributed by atoms with E-state index in [-0.39, 0.29) is 7.43 Å². The Bertz CT molecular complexity index is 27.0. The van der Waals surface area contributed by atoms with Crippen LogP contribution in [0.25, 0.3) is 0 Å². The quantitative estimate of drug-likeness (QED) is 0.461. The van der Waals surface area contributed by atoms with Crippen molar-refractivity contribution in [2.75, 3.05) is 0 Å². The molecule has 0 aliphatic heterocycles. The van der Waals surface area contributed by atoms with Gasteiger partial charge in [-0.05, 0) is 0 Å². The predicted octanol–water partition coefficient (Wildman–Crippen LogP) is 0.396. The summed E-state index contributed by atoms with van der Waals surface area (Å²) in [5, 5.41) is 0. The minimum absolute atomic E-state index is 0. The Morgan fingerprint density at radius 1 is 1.25 bits per heavy atom. The molecule has 0 N–H and O–H groups in total. The second kappa shape index (κ2) is 10.4. The molecule has 0 amide bonds. The molecular formula is CH4MoO2. The van der Waals surface area contributed by atoms with Gasteiger partial charge >= 0.3 is 25.3 Å². The molecule has 0 aromatic rings. The van der Waals surface area contributed by atoms with Crippen LogP contribution in [0.15, 0.2) is 0 Å². The third-order valence-electron chi connectivity index (χ3n) is 0. The first-order valence-corrected chi connectivity index (χ1v) is 1.97. The number of hydrogen-bond acceptors (Lipinski definition) is 2. The van der Waals surface area contributed by atoms with E-state index in [4.69, 9.17) is 6.80 Å². The van der Waals surface area contributed by atoms with Gasteiger partial charge in [-0.15, -0.1) is 0 Å². The maximum absolute atomic E-state index is 8.50. The van der Waals surface area contributed by atoms with Crippen LogP contribution < -0.4 is 0 Å². The van der Waals surface area contributed by atoms with E-state index in [0.29, 0.717) is 0 Å². The van der Waals surface area contributed by atoms with Crippen LogP contribution in [0.3, 0.4) is 0 Å². The molecule has 0 fully saturated rings. The van der Waals surface area contributed by atoms with Crippen molar-refractivity contribution < 1.29 is 25.3 Å². The Hall–Kier alpha value is 0.288. The van der Waals surface area contributed by atoms with Gasteiger partial charge in [0, 0.05) is 0 Å². The van der Waals surface area contributed by atoms with Crippen LogP contribution in [0, 0.1) is 0 Å². The van der Waals surface area contributed by atoms with E-state index in [1.54, 1.807) is 0 Å². The molecule has 0 atom stereocenters. The average molecular weight is 144 g/mol. The molecule has 3 heteroatoms. The van der Waals surface area contributed by atoms with Gasteiger partial charge in [0.1, 0.15) is 0 Å². The molecule has 0 saturated carbocycles. The van der Waals surface area contributed by atoms with Crippen LogP contribution in [0.4, 0.5) is 0 Å². The molecule has 0 aliphatic carbocycles. The predicted molar refractivity (Wildman–Crippen MR) is 8.10 cm³/mol. The summed E-state index contributed by atoms with van der Waals surface area (Å²) in [6.45, 7) is 0. The van der Waals surface area contributed by atoms with E-state index in [1.165, 1.54) is 0 Å². The normalized spacial score (nSPS) is 3.00. The van der Waals surface area contributed by atoms with Crippen molar-refractivity contribution in [3.8, 4) is 0 Å². The van der Waals surface area contributed by atoms with Crippen molar-refractivity contribution in [3.05, 3.63) is 0 Å². The molecule has 0 rings (SSSR count). The van der Waals surface area contributed by atoms with Crippen molar-refractivity contribution >= 4 is 0 Å². The van der Waals surface area contributed by atoms with E-state index < -0.39 is 18.5 Å². The van der Waals surface area contributed by atoms with Gasteiger partial charge in [-0.25, -0.2) is 0 Å². The molecule has 0 radical (unpaired) electrons. The summed E-state index contributed by atoms with van der Waals surface area (Å²) < 4.78 is 17.0. The average Bonchev–Trinajstić information content (AvgIpc) is 0.918. The van der Waals surface area contributed by atoms with E-state index in [0.717, 1.165) is 0 Å². The number of hydrogen-bond donors (Lipinski definition) is 0. The van der Waals surface area contributed by atoms with Crippen LogP contribution in [-0.4, -0.2) is 0 Å². The SMILES string of the molecule is C.[O]=[Mo]=[O]. The van der Waals surface area contributed by atoms with Crippen LogP contribution in [-0.2, 0) is 25.3 Å². The fourth-order valence-electron chi connectivity index (χ4n) is 0. The van der Waals surface area contributed by atoms with Gasteiger partial charge in [0.2, 0.25) is 0 Å².